The van der Waals surface area contributed by atoms with Crippen molar-refractivity contribution in [3.63, 3.8) is 0 Å². The maximum Gasteiger partial charge on any atom is 0.141 e. The first-order valence-corrected chi connectivity index (χ1v) is 7.90. The standard InChI is InChI=1S/C14H17BrIN3/c1-8-7-9(15)5-6-10(8)19-13(17)11(16)12(18-19)14(2,3)4/h5-7H,17H2,1-4H3. The summed E-state index contributed by atoms with van der Waals surface area (Å²) in [5, 5.41) is 4.71. The van der Waals surface area contributed by atoms with Crippen LogP contribution in [-0.2, 0) is 5.41 Å². The topological polar surface area (TPSA) is 43.8 Å². The Kier molecular flexibility index (Phi) is 3.97. The number of hydrogen-bond acceptors (Lipinski definition) is 2. The van der Waals surface area contributed by atoms with Crippen LogP contribution >= 0.6 is 38.5 Å². The van der Waals surface area contributed by atoms with Crippen LogP contribution in [0.3, 0.4) is 0 Å². The number of nitrogens with zero attached hydrogens (tertiary/aromatic N) is 2. The number of halogens is 2. The van der Waals surface area contributed by atoms with E-state index in [1.54, 1.807) is 0 Å². The number of anilines is 1. The molecular formula is C14H17BrIN3. The average molecular weight is 434 g/mol. The summed E-state index contributed by atoms with van der Waals surface area (Å²) in [7, 11) is 0. The van der Waals surface area contributed by atoms with Crippen LogP contribution in [0.4, 0.5) is 5.82 Å². The summed E-state index contributed by atoms with van der Waals surface area (Å²) in [6.07, 6.45) is 0. The van der Waals surface area contributed by atoms with Gasteiger partial charge in [0.1, 0.15) is 5.82 Å². The van der Waals surface area contributed by atoms with E-state index in [9.17, 15) is 0 Å². The molecule has 2 N–H and O–H groups in total. The summed E-state index contributed by atoms with van der Waals surface area (Å²) in [5.74, 6) is 0.705. The summed E-state index contributed by atoms with van der Waals surface area (Å²) in [5.41, 5.74) is 9.40. The number of rotatable bonds is 1. The average Bonchev–Trinajstić information content (AvgIpc) is 2.56. The third kappa shape index (κ3) is 2.81. The predicted octanol–water partition coefficient (Wildman–Crippen LogP) is 4.43. The highest BCUT2D eigenvalue weighted by Crippen LogP contribution is 2.32. The molecule has 0 spiro atoms. The maximum absolute atomic E-state index is 6.22. The molecule has 5 heteroatoms. The van der Waals surface area contributed by atoms with Crippen LogP contribution in [0, 0.1) is 10.5 Å². The second-order valence-corrected chi connectivity index (χ2v) is 7.63. The fourth-order valence-electron chi connectivity index (χ4n) is 1.93. The molecule has 0 unspecified atom stereocenters. The van der Waals surface area contributed by atoms with E-state index in [-0.39, 0.29) is 5.41 Å². The van der Waals surface area contributed by atoms with Crippen molar-refractivity contribution in [2.24, 2.45) is 0 Å². The minimum absolute atomic E-state index is 0.0147. The minimum Gasteiger partial charge on any atom is -0.383 e. The molecule has 1 aromatic carbocycles. The number of aromatic nitrogens is 2. The van der Waals surface area contributed by atoms with E-state index < -0.39 is 0 Å². The van der Waals surface area contributed by atoms with Crippen LogP contribution in [0.2, 0.25) is 0 Å². The highest BCUT2D eigenvalue weighted by Gasteiger charge is 2.25. The van der Waals surface area contributed by atoms with Gasteiger partial charge in [0.2, 0.25) is 0 Å². The largest absolute Gasteiger partial charge is 0.383 e. The molecule has 0 aliphatic rings. The molecule has 0 saturated heterocycles. The minimum atomic E-state index is -0.0147. The number of nitrogen functional groups attached to an aromatic ring is 1. The summed E-state index contributed by atoms with van der Waals surface area (Å²) in [6.45, 7) is 8.51. The smallest absolute Gasteiger partial charge is 0.141 e. The van der Waals surface area contributed by atoms with Crippen LogP contribution in [0.25, 0.3) is 5.69 Å². The Morgan fingerprint density at radius 2 is 1.95 bits per heavy atom. The van der Waals surface area contributed by atoms with Crippen LogP contribution < -0.4 is 5.73 Å². The van der Waals surface area contributed by atoms with E-state index in [1.165, 1.54) is 0 Å². The number of aryl methyl sites for hydroxylation is 1. The highest BCUT2D eigenvalue weighted by molar-refractivity contribution is 14.1. The van der Waals surface area contributed by atoms with Gasteiger partial charge in [-0.1, -0.05) is 36.7 Å². The predicted molar refractivity (Wildman–Crippen MR) is 91.8 cm³/mol. The van der Waals surface area contributed by atoms with E-state index in [4.69, 9.17) is 10.8 Å². The number of benzene rings is 1. The van der Waals surface area contributed by atoms with E-state index in [0.717, 1.165) is 25.0 Å². The Morgan fingerprint density at radius 3 is 2.42 bits per heavy atom. The van der Waals surface area contributed by atoms with E-state index in [1.807, 2.05) is 16.8 Å². The van der Waals surface area contributed by atoms with E-state index in [0.29, 0.717) is 5.82 Å². The molecule has 0 atom stereocenters. The lowest BCUT2D eigenvalue weighted by Gasteiger charge is -2.15. The SMILES string of the molecule is Cc1cc(Br)ccc1-n1nc(C(C)(C)C)c(I)c1N. The zero-order valence-corrected chi connectivity index (χ0v) is 15.2. The normalized spacial score (nSPS) is 11.9. The Bertz CT molecular complexity index is 626. The Hall–Kier alpha value is -0.560. The Balaban J connectivity index is 2.64. The lowest BCUT2D eigenvalue weighted by atomic mass is 9.92. The highest BCUT2D eigenvalue weighted by atomic mass is 127. The van der Waals surface area contributed by atoms with Crippen molar-refractivity contribution in [1.29, 1.82) is 0 Å². The molecule has 0 saturated carbocycles. The van der Waals surface area contributed by atoms with Gasteiger partial charge in [-0.15, -0.1) is 0 Å². The molecule has 1 aromatic heterocycles. The van der Waals surface area contributed by atoms with Crippen LogP contribution in [-0.4, -0.2) is 9.78 Å². The molecule has 0 bridgehead atoms. The fourth-order valence-corrected chi connectivity index (χ4v) is 3.55. The fraction of sp³-hybridized carbons (Fsp3) is 0.357. The van der Waals surface area contributed by atoms with Gasteiger partial charge in [-0.25, -0.2) is 4.68 Å². The molecular weight excluding hydrogens is 417 g/mol. The zero-order chi connectivity index (χ0) is 14.4. The number of hydrogen-bond donors (Lipinski definition) is 1. The van der Waals surface area contributed by atoms with Crippen molar-refractivity contribution in [2.45, 2.75) is 33.1 Å². The van der Waals surface area contributed by atoms with Gasteiger partial charge in [0.15, 0.2) is 0 Å². The summed E-state index contributed by atoms with van der Waals surface area (Å²) in [4.78, 5) is 0. The Morgan fingerprint density at radius 1 is 1.32 bits per heavy atom. The van der Waals surface area contributed by atoms with Gasteiger partial charge < -0.3 is 5.73 Å². The molecule has 2 rings (SSSR count). The van der Waals surface area contributed by atoms with Gasteiger partial charge in [-0.2, -0.15) is 5.10 Å². The van der Waals surface area contributed by atoms with Gasteiger partial charge in [0, 0.05) is 9.89 Å². The summed E-state index contributed by atoms with van der Waals surface area (Å²) in [6, 6.07) is 6.11. The lowest BCUT2D eigenvalue weighted by Crippen LogP contribution is -2.14. The van der Waals surface area contributed by atoms with Crippen molar-refractivity contribution in [3.8, 4) is 5.69 Å². The molecule has 3 nitrogen and oxygen atoms in total. The second kappa shape index (κ2) is 5.09. The van der Waals surface area contributed by atoms with Gasteiger partial charge in [0.25, 0.3) is 0 Å². The second-order valence-electron chi connectivity index (χ2n) is 5.64. The molecule has 19 heavy (non-hydrogen) atoms. The van der Waals surface area contributed by atoms with E-state index in [2.05, 4.69) is 72.3 Å². The molecule has 0 fully saturated rings. The van der Waals surface area contributed by atoms with Crippen molar-refractivity contribution < 1.29 is 0 Å². The van der Waals surface area contributed by atoms with Crippen LogP contribution in [0.15, 0.2) is 22.7 Å². The van der Waals surface area contributed by atoms with Crippen molar-refractivity contribution in [1.82, 2.24) is 9.78 Å². The van der Waals surface area contributed by atoms with Gasteiger partial charge in [-0.05, 0) is 53.3 Å². The number of nitrogens with two attached hydrogens (primary N) is 1. The van der Waals surface area contributed by atoms with Crippen LogP contribution in [0.1, 0.15) is 32.0 Å². The first kappa shape index (κ1) is 14.8. The zero-order valence-electron chi connectivity index (χ0n) is 11.5. The maximum atomic E-state index is 6.22. The monoisotopic (exact) mass is 433 g/mol. The van der Waals surface area contributed by atoms with Gasteiger partial charge in [-0.3, -0.25) is 0 Å². The van der Waals surface area contributed by atoms with Crippen molar-refractivity contribution in [2.75, 3.05) is 5.73 Å². The van der Waals surface area contributed by atoms with Crippen molar-refractivity contribution in [3.05, 3.63) is 37.5 Å². The molecule has 0 radical (unpaired) electrons. The summed E-state index contributed by atoms with van der Waals surface area (Å²) < 4.78 is 3.93. The first-order valence-electron chi connectivity index (χ1n) is 6.03. The molecule has 1 heterocycles. The van der Waals surface area contributed by atoms with Gasteiger partial charge >= 0.3 is 0 Å². The molecule has 102 valence electrons. The summed E-state index contributed by atoms with van der Waals surface area (Å²) >= 11 is 5.75. The van der Waals surface area contributed by atoms with E-state index >= 15 is 0 Å². The van der Waals surface area contributed by atoms with Crippen molar-refractivity contribution >= 4 is 44.3 Å². The quantitative estimate of drug-likeness (QED) is 0.676. The first-order chi connectivity index (χ1) is 8.71. The lowest BCUT2D eigenvalue weighted by molar-refractivity contribution is 0.557. The third-order valence-corrected chi connectivity index (χ3v) is 4.52. The third-order valence-electron chi connectivity index (χ3n) is 2.96. The van der Waals surface area contributed by atoms with Crippen LogP contribution in [0.5, 0.6) is 0 Å². The Labute approximate surface area is 135 Å². The molecule has 0 aliphatic heterocycles. The molecule has 2 aromatic rings. The molecule has 0 amide bonds. The molecule has 0 aliphatic carbocycles. The van der Waals surface area contributed by atoms with Gasteiger partial charge in [0.05, 0.1) is 15.0 Å².